The van der Waals surface area contributed by atoms with Crippen LogP contribution in [0.5, 0.6) is 0 Å². The summed E-state index contributed by atoms with van der Waals surface area (Å²) in [5.41, 5.74) is 3.68. The molecule has 3 aromatic rings. The molecule has 1 fully saturated rings. The van der Waals surface area contributed by atoms with Crippen LogP contribution < -0.4 is 10.5 Å². The Hall–Kier alpha value is -2.67. The third-order valence-electron chi connectivity index (χ3n) is 5.62. The predicted octanol–water partition coefficient (Wildman–Crippen LogP) is 2.74. The molecule has 0 amide bonds. The molecule has 0 aliphatic carbocycles. The first kappa shape index (κ1) is 18.7. The first-order valence-electron chi connectivity index (χ1n) is 10.0. The van der Waals surface area contributed by atoms with Gasteiger partial charge in [-0.2, -0.15) is 14.6 Å². The van der Waals surface area contributed by atoms with E-state index in [2.05, 4.69) is 63.0 Å². The van der Waals surface area contributed by atoms with Crippen LogP contribution >= 0.6 is 0 Å². The smallest absolute Gasteiger partial charge is 0.279 e. The van der Waals surface area contributed by atoms with Crippen LogP contribution in [0, 0.1) is 0 Å². The van der Waals surface area contributed by atoms with Crippen LogP contribution in [-0.2, 0) is 0 Å². The SMILES string of the molecule is CC(C)c1c(-c2ccc(N3CCN(C(C)C)CC3)cc2)[nH]c2ncnn2c1=O. The monoisotopic (exact) mass is 380 g/mol. The highest BCUT2D eigenvalue weighted by Crippen LogP contribution is 2.27. The van der Waals surface area contributed by atoms with Crippen LogP contribution in [0.25, 0.3) is 17.0 Å². The molecule has 148 valence electrons. The van der Waals surface area contributed by atoms with Gasteiger partial charge in [0, 0.05) is 43.5 Å². The van der Waals surface area contributed by atoms with E-state index in [0.29, 0.717) is 11.8 Å². The average Bonchev–Trinajstić information content (AvgIpc) is 3.17. The van der Waals surface area contributed by atoms with E-state index < -0.39 is 0 Å². The molecular formula is C21H28N6O. The molecule has 0 atom stereocenters. The summed E-state index contributed by atoms with van der Waals surface area (Å²) >= 11 is 0. The highest BCUT2D eigenvalue weighted by Gasteiger charge is 2.20. The lowest BCUT2D eigenvalue weighted by Crippen LogP contribution is -2.48. The maximum atomic E-state index is 12.9. The summed E-state index contributed by atoms with van der Waals surface area (Å²) in [5.74, 6) is 0.550. The Morgan fingerprint density at radius 2 is 1.68 bits per heavy atom. The lowest BCUT2D eigenvalue weighted by molar-refractivity contribution is 0.209. The van der Waals surface area contributed by atoms with Gasteiger partial charge in [0.25, 0.3) is 5.56 Å². The number of hydrogen-bond acceptors (Lipinski definition) is 5. The molecule has 0 radical (unpaired) electrons. The van der Waals surface area contributed by atoms with Crippen LogP contribution in [0.4, 0.5) is 5.69 Å². The van der Waals surface area contributed by atoms with Crippen LogP contribution in [0.2, 0.25) is 0 Å². The van der Waals surface area contributed by atoms with Gasteiger partial charge in [-0.1, -0.05) is 26.0 Å². The topological polar surface area (TPSA) is 69.5 Å². The fourth-order valence-corrected chi connectivity index (χ4v) is 3.97. The van der Waals surface area contributed by atoms with Crippen LogP contribution in [0.15, 0.2) is 35.4 Å². The molecule has 3 heterocycles. The second-order valence-electron chi connectivity index (χ2n) is 8.03. The van der Waals surface area contributed by atoms with Crippen molar-refractivity contribution in [3.8, 4) is 11.3 Å². The Morgan fingerprint density at radius 3 is 2.29 bits per heavy atom. The van der Waals surface area contributed by atoms with E-state index in [1.165, 1.54) is 16.5 Å². The zero-order valence-corrected chi connectivity index (χ0v) is 17.0. The maximum absolute atomic E-state index is 12.9. The molecule has 0 spiro atoms. The van der Waals surface area contributed by atoms with Crippen molar-refractivity contribution in [2.45, 2.75) is 39.7 Å². The highest BCUT2D eigenvalue weighted by atomic mass is 16.1. The second kappa shape index (κ2) is 7.39. The number of nitrogens with one attached hydrogen (secondary N) is 1. The Labute approximate surface area is 165 Å². The van der Waals surface area contributed by atoms with Crippen LogP contribution in [0.3, 0.4) is 0 Å². The zero-order valence-electron chi connectivity index (χ0n) is 17.0. The number of fused-ring (bicyclic) bond motifs is 1. The van der Waals surface area contributed by atoms with Crippen molar-refractivity contribution < 1.29 is 0 Å². The van der Waals surface area contributed by atoms with Crippen molar-refractivity contribution in [2.24, 2.45) is 0 Å². The molecule has 2 aromatic heterocycles. The number of anilines is 1. The van der Waals surface area contributed by atoms with Gasteiger partial charge in [0.2, 0.25) is 5.78 Å². The minimum atomic E-state index is -0.106. The quantitative estimate of drug-likeness (QED) is 0.754. The summed E-state index contributed by atoms with van der Waals surface area (Å²) in [7, 11) is 0. The summed E-state index contributed by atoms with van der Waals surface area (Å²) in [6, 6.07) is 9.08. The minimum absolute atomic E-state index is 0.0798. The van der Waals surface area contributed by atoms with Crippen molar-refractivity contribution in [1.29, 1.82) is 0 Å². The molecule has 0 saturated carbocycles. The van der Waals surface area contributed by atoms with Crippen LogP contribution in [0.1, 0.15) is 39.2 Å². The fraction of sp³-hybridized carbons (Fsp3) is 0.476. The molecule has 7 nitrogen and oxygen atoms in total. The molecule has 1 N–H and O–H groups in total. The molecule has 7 heteroatoms. The normalized spacial score (nSPS) is 15.9. The number of hydrogen-bond donors (Lipinski definition) is 1. The molecule has 1 aromatic carbocycles. The minimum Gasteiger partial charge on any atom is -0.369 e. The number of piperazine rings is 1. The van der Waals surface area contributed by atoms with Gasteiger partial charge >= 0.3 is 0 Å². The largest absolute Gasteiger partial charge is 0.369 e. The van der Waals surface area contributed by atoms with Gasteiger partial charge in [0.05, 0.1) is 5.69 Å². The Bertz CT molecular complexity index is 1010. The van der Waals surface area contributed by atoms with Gasteiger partial charge in [-0.15, -0.1) is 0 Å². The Balaban J connectivity index is 1.64. The molecule has 4 rings (SSSR count). The summed E-state index contributed by atoms with van der Waals surface area (Å²) < 4.78 is 1.33. The maximum Gasteiger partial charge on any atom is 0.279 e. The van der Waals surface area contributed by atoms with Crippen molar-refractivity contribution >= 4 is 11.5 Å². The zero-order chi connectivity index (χ0) is 19.8. The average molecular weight is 380 g/mol. The fourth-order valence-electron chi connectivity index (χ4n) is 3.97. The van der Waals surface area contributed by atoms with Gasteiger partial charge in [-0.05, 0) is 37.5 Å². The van der Waals surface area contributed by atoms with E-state index in [-0.39, 0.29) is 11.5 Å². The highest BCUT2D eigenvalue weighted by molar-refractivity contribution is 5.67. The summed E-state index contributed by atoms with van der Waals surface area (Å²) in [4.78, 5) is 25.3. The van der Waals surface area contributed by atoms with Gasteiger partial charge in [-0.25, -0.2) is 0 Å². The summed E-state index contributed by atoms with van der Waals surface area (Å²) in [6.07, 6.45) is 1.40. The Morgan fingerprint density at radius 1 is 1.00 bits per heavy atom. The molecule has 0 unspecified atom stereocenters. The standard InChI is InChI=1S/C21H28N6O/c1-14(2)18-19(24-21-22-13-23-27(21)20(18)28)16-5-7-17(8-6-16)26-11-9-25(10-12-26)15(3)4/h5-8,13-15H,9-12H2,1-4H3,(H,22,23,24). The first-order chi connectivity index (χ1) is 13.5. The van der Waals surface area contributed by atoms with Gasteiger partial charge in [-0.3, -0.25) is 9.69 Å². The number of rotatable bonds is 4. The van der Waals surface area contributed by atoms with Crippen molar-refractivity contribution in [1.82, 2.24) is 24.5 Å². The second-order valence-corrected chi connectivity index (χ2v) is 8.03. The number of H-pyrrole nitrogens is 1. The molecule has 1 saturated heterocycles. The van der Waals surface area contributed by atoms with Crippen molar-refractivity contribution in [3.63, 3.8) is 0 Å². The Kier molecular flexibility index (Phi) is 4.93. The predicted molar refractivity (Wildman–Crippen MR) is 112 cm³/mol. The van der Waals surface area contributed by atoms with E-state index in [9.17, 15) is 4.79 Å². The van der Waals surface area contributed by atoms with Gasteiger partial charge < -0.3 is 9.88 Å². The summed E-state index contributed by atoms with van der Waals surface area (Å²) in [5, 5.41) is 4.04. The summed E-state index contributed by atoms with van der Waals surface area (Å²) in [6.45, 7) is 12.8. The molecule has 1 aliphatic rings. The number of aromatic amines is 1. The third-order valence-corrected chi connectivity index (χ3v) is 5.62. The number of benzene rings is 1. The number of nitrogens with zero attached hydrogens (tertiary/aromatic N) is 5. The number of aromatic nitrogens is 4. The van der Waals surface area contributed by atoms with E-state index in [0.717, 1.165) is 43.0 Å². The molecule has 0 bridgehead atoms. The molecular weight excluding hydrogens is 352 g/mol. The lowest BCUT2D eigenvalue weighted by atomic mass is 9.98. The molecule has 28 heavy (non-hydrogen) atoms. The third kappa shape index (κ3) is 3.30. The van der Waals surface area contributed by atoms with Gasteiger partial charge in [0.15, 0.2) is 0 Å². The lowest BCUT2D eigenvalue weighted by Gasteiger charge is -2.38. The van der Waals surface area contributed by atoms with Crippen molar-refractivity contribution in [2.75, 3.05) is 31.1 Å². The van der Waals surface area contributed by atoms with E-state index in [1.807, 2.05) is 13.8 Å². The van der Waals surface area contributed by atoms with Crippen molar-refractivity contribution in [3.05, 3.63) is 46.5 Å². The van der Waals surface area contributed by atoms with E-state index >= 15 is 0 Å². The van der Waals surface area contributed by atoms with E-state index in [4.69, 9.17) is 0 Å². The van der Waals surface area contributed by atoms with E-state index in [1.54, 1.807) is 0 Å². The van der Waals surface area contributed by atoms with Crippen LogP contribution in [-0.4, -0.2) is 56.7 Å². The first-order valence-corrected chi connectivity index (χ1v) is 10.0. The molecule has 1 aliphatic heterocycles. The van der Waals surface area contributed by atoms with Gasteiger partial charge in [0.1, 0.15) is 6.33 Å².